The minimum absolute atomic E-state index is 0.00867. The van der Waals surface area contributed by atoms with Crippen molar-refractivity contribution < 1.29 is 22.7 Å². The third-order valence-electron chi connectivity index (χ3n) is 5.09. The van der Waals surface area contributed by atoms with E-state index in [1.165, 1.54) is 18.1 Å². The monoisotopic (exact) mass is 529 g/mol. The topological polar surface area (TPSA) is 96.0 Å². The van der Waals surface area contributed by atoms with Gasteiger partial charge in [-0.2, -0.15) is 0 Å². The largest absolute Gasteiger partial charge is 0.497 e. The second-order valence-electron chi connectivity index (χ2n) is 7.70. The first-order chi connectivity index (χ1) is 16.0. The molecular formula is C23H29Cl2N3O5S. The molecule has 1 N–H and O–H groups in total. The average Bonchev–Trinajstić information content (AvgIpc) is 2.79. The molecule has 2 rings (SSSR count). The zero-order chi connectivity index (χ0) is 25.5. The van der Waals surface area contributed by atoms with E-state index in [0.717, 1.165) is 17.0 Å². The van der Waals surface area contributed by atoms with Crippen molar-refractivity contribution in [2.75, 3.05) is 30.8 Å². The number of halogens is 2. The number of hydrogen-bond donors (Lipinski definition) is 1. The smallest absolute Gasteiger partial charge is 0.244 e. The Hall–Kier alpha value is -2.49. The first-order valence-corrected chi connectivity index (χ1v) is 13.2. The third-order valence-corrected chi connectivity index (χ3v) is 6.82. The van der Waals surface area contributed by atoms with Gasteiger partial charge in [0.2, 0.25) is 21.8 Å². The fourth-order valence-corrected chi connectivity index (χ4v) is 4.50. The first kappa shape index (κ1) is 27.8. The maximum Gasteiger partial charge on any atom is 0.244 e. The van der Waals surface area contributed by atoms with Crippen LogP contribution < -0.4 is 14.4 Å². The Bertz CT molecular complexity index is 1130. The van der Waals surface area contributed by atoms with Crippen LogP contribution in [-0.2, 0) is 26.2 Å². The molecule has 2 aromatic carbocycles. The maximum atomic E-state index is 13.5. The van der Waals surface area contributed by atoms with Gasteiger partial charge < -0.3 is 15.0 Å². The van der Waals surface area contributed by atoms with Crippen LogP contribution in [0.1, 0.15) is 25.8 Å². The van der Waals surface area contributed by atoms with Gasteiger partial charge in [-0.15, -0.1) is 0 Å². The number of ether oxygens (including phenoxy) is 1. The van der Waals surface area contributed by atoms with E-state index in [2.05, 4.69) is 5.32 Å². The van der Waals surface area contributed by atoms with Gasteiger partial charge >= 0.3 is 0 Å². The molecule has 11 heteroatoms. The van der Waals surface area contributed by atoms with Crippen molar-refractivity contribution in [1.29, 1.82) is 0 Å². The summed E-state index contributed by atoms with van der Waals surface area (Å²) in [5, 5.41) is 3.54. The molecule has 2 aromatic rings. The van der Waals surface area contributed by atoms with Crippen LogP contribution in [0.2, 0.25) is 10.0 Å². The lowest BCUT2D eigenvalue weighted by Gasteiger charge is -2.31. The molecule has 0 saturated carbocycles. The van der Waals surface area contributed by atoms with Crippen LogP contribution >= 0.6 is 23.2 Å². The van der Waals surface area contributed by atoms with Crippen molar-refractivity contribution in [1.82, 2.24) is 10.2 Å². The summed E-state index contributed by atoms with van der Waals surface area (Å²) in [6.45, 7) is 3.43. The molecular weight excluding hydrogens is 501 g/mol. The molecule has 0 heterocycles. The van der Waals surface area contributed by atoms with Crippen molar-refractivity contribution in [3.63, 3.8) is 0 Å². The van der Waals surface area contributed by atoms with E-state index >= 15 is 0 Å². The number of nitrogens with one attached hydrogen (secondary N) is 1. The summed E-state index contributed by atoms with van der Waals surface area (Å²) in [5.41, 5.74) is 0.838. The molecule has 0 saturated heterocycles. The van der Waals surface area contributed by atoms with E-state index in [-0.39, 0.29) is 18.1 Å². The minimum Gasteiger partial charge on any atom is -0.497 e. The maximum absolute atomic E-state index is 13.5. The van der Waals surface area contributed by atoms with Gasteiger partial charge in [0.25, 0.3) is 0 Å². The minimum atomic E-state index is -3.83. The van der Waals surface area contributed by atoms with Crippen molar-refractivity contribution >= 4 is 50.7 Å². The Morgan fingerprint density at radius 3 is 2.44 bits per heavy atom. The second kappa shape index (κ2) is 12.3. The number of methoxy groups -OCH3 is 1. The number of amides is 2. The zero-order valence-electron chi connectivity index (χ0n) is 19.5. The second-order valence-corrected chi connectivity index (χ2v) is 10.4. The lowest BCUT2D eigenvalue weighted by Crippen LogP contribution is -2.51. The van der Waals surface area contributed by atoms with Crippen LogP contribution in [0.3, 0.4) is 0 Å². The SMILES string of the molecule is CCCNC(=O)[C@H](C)N(Cc1ccc(Cl)cc1Cl)C(=O)CN(c1cccc(OC)c1)S(C)(=O)=O. The van der Waals surface area contributed by atoms with E-state index < -0.39 is 28.5 Å². The lowest BCUT2D eigenvalue weighted by molar-refractivity contribution is -0.139. The fraction of sp³-hybridized carbons (Fsp3) is 0.391. The number of nitrogens with zero attached hydrogens (tertiary/aromatic N) is 2. The number of benzene rings is 2. The summed E-state index contributed by atoms with van der Waals surface area (Å²) in [4.78, 5) is 27.5. The highest BCUT2D eigenvalue weighted by molar-refractivity contribution is 7.92. The lowest BCUT2D eigenvalue weighted by atomic mass is 10.1. The van der Waals surface area contributed by atoms with Crippen molar-refractivity contribution in [2.24, 2.45) is 0 Å². The molecule has 0 radical (unpaired) electrons. The summed E-state index contributed by atoms with van der Waals surface area (Å²) >= 11 is 12.3. The van der Waals surface area contributed by atoms with E-state index in [1.807, 2.05) is 6.92 Å². The summed E-state index contributed by atoms with van der Waals surface area (Å²) in [6, 6.07) is 10.3. The number of anilines is 1. The van der Waals surface area contributed by atoms with E-state index in [0.29, 0.717) is 27.9 Å². The summed E-state index contributed by atoms with van der Waals surface area (Å²) in [6.07, 6.45) is 1.74. The Morgan fingerprint density at radius 2 is 1.85 bits per heavy atom. The molecule has 8 nitrogen and oxygen atoms in total. The zero-order valence-corrected chi connectivity index (χ0v) is 21.9. The number of rotatable bonds is 11. The molecule has 0 aliphatic heterocycles. The predicted molar refractivity (Wildman–Crippen MR) is 135 cm³/mol. The highest BCUT2D eigenvalue weighted by Gasteiger charge is 2.30. The van der Waals surface area contributed by atoms with Crippen LogP contribution in [0.25, 0.3) is 0 Å². The van der Waals surface area contributed by atoms with Crippen LogP contribution in [-0.4, -0.2) is 57.6 Å². The molecule has 2 amide bonds. The predicted octanol–water partition coefficient (Wildman–Crippen LogP) is 3.71. The number of carbonyl (C=O) groups is 2. The first-order valence-electron chi connectivity index (χ1n) is 10.6. The third kappa shape index (κ3) is 7.51. The number of sulfonamides is 1. The quantitative estimate of drug-likeness (QED) is 0.478. The van der Waals surface area contributed by atoms with E-state index in [9.17, 15) is 18.0 Å². The van der Waals surface area contributed by atoms with Crippen LogP contribution in [0.4, 0.5) is 5.69 Å². The van der Waals surface area contributed by atoms with Gasteiger partial charge in [0.05, 0.1) is 19.1 Å². The van der Waals surface area contributed by atoms with Gasteiger partial charge in [0, 0.05) is 29.2 Å². The highest BCUT2D eigenvalue weighted by Crippen LogP contribution is 2.25. The molecule has 0 aliphatic carbocycles. The molecule has 0 aliphatic rings. The Kier molecular flexibility index (Phi) is 10.0. The summed E-state index contributed by atoms with van der Waals surface area (Å²) < 4.78 is 31.3. The molecule has 34 heavy (non-hydrogen) atoms. The Morgan fingerprint density at radius 1 is 1.15 bits per heavy atom. The van der Waals surface area contributed by atoms with E-state index in [1.54, 1.807) is 43.3 Å². The van der Waals surface area contributed by atoms with Gasteiger partial charge in [0.1, 0.15) is 18.3 Å². The van der Waals surface area contributed by atoms with E-state index in [4.69, 9.17) is 27.9 Å². The summed E-state index contributed by atoms with van der Waals surface area (Å²) in [7, 11) is -2.37. The van der Waals surface area contributed by atoms with Gasteiger partial charge in [0.15, 0.2) is 0 Å². The van der Waals surface area contributed by atoms with Gasteiger partial charge in [-0.1, -0.05) is 42.3 Å². The van der Waals surface area contributed by atoms with Crippen molar-refractivity contribution in [3.8, 4) is 5.75 Å². The average molecular weight is 530 g/mol. The van der Waals surface area contributed by atoms with Gasteiger partial charge in [-0.25, -0.2) is 8.42 Å². The van der Waals surface area contributed by atoms with Crippen molar-refractivity contribution in [3.05, 3.63) is 58.1 Å². The van der Waals surface area contributed by atoms with Crippen LogP contribution in [0.15, 0.2) is 42.5 Å². The molecule has 186 valence electrons. The van der Waals surface area contributed by atoms with Gasteiger partial charge in [-0.3, -0.25) is 13.9 Å². The molecule has 0 spiro atoms. The molecule has 0 fully saturated rings. The highest BCUT2D eigenvalue weighted by atomic mass is 35.5. The normalized spacial score (nSPS) is 12.1. The molecule has 0 unspecified atom stereocenters. The molecule has 0 aromatic heterocycles. The standard InChI is InChI=1S/C23H29Cl2N3O5S/c1-5-11-26-23(30)16(2)27(14-17-9-10-18(24)12-21(17)25)22(29)15-28(34(4,31)32)19-7-6-8-20(13-19)33-3/h6-10,12-13,16H,5,11,14-15H2,1-4H3,(H,26,30)/t16-/m0/s1. The number of carbonyl (C=O) groups excluding carboxylic acids is 2. The Labute approximate surface area is 210 Å². The molecule has 1 atom stereocenters. The number of hydrogen-bond acceptors (Lipinski definition) is 5. The molecule has 0 bridgehead atoms. The van der Waals surface area contributed by atoms with Crippen LogP contribution in [0.5, 0.6) is 5.75 Å². The Balaban J connectivity index is 2.42. The van der Waals surface area contributed by atoms with Crippen LogP contribution in [0, 0.1) is 0 Å². The van der Waals surface area contributed by atoms with Gasteiger partial charge in [-0.05, 0) is 43.2 Å². The fourth-order valence-electron chi connectivity index (χ4n) is 3.19. The van der Waals surface area contributed by atoms with Crippen molar-refractivity contribution in [2.45, 2.75) is 32.9 Å². The summed E-state index contributed by atoms with van der Waals surface area (Å²) in [5.74, 6) is -0.485.